The lowest BCUT2D eigenvalue weighted by atomic mass is 10.1. The number of nitrogens with zero attached hydrogens (tertiary/aromatic N) is 2. The van der Waals surface area contributed by atoms with Crippen LogP contribution in [0.25, 0.3) is 22.4 Å². The molecular weight excluding hydrogens is 343 g/mol. The fourth-order valence-corrected chi connectivity index (χ4v) is 3.04. The molecule has 4 nitrogen and oxygen atoms in total. The summed E-state index contributed by atoms with van der Waals surface area (Å²) in [5, 5.41) is 0.781. The highest BCUT2D eigenvalue weighted by atomic mass is 19.1. The van der Waals surface area contributed by atoms with Crippen molar-refractivity contribution in [1.29, 1.82) is 0 Å². The zero-order valence-electron chi connectivity index (χ0n) is 14.7. The van der Waals surface area contributed by atoms with E-state index in [0.717, 1.165) is 16.5 Å². The Morgan fingerprint density at radius 3 is 2.59 bits per heavy atom. The van der Waals surface area contributed by atoms with Gasteiger partial charge in [-0.3, -0.25) is 4.79 Å². The van der Waals surface area contributed by atoms with Crippen LogP contribution in [0.3, 0.4) is 0 Å². The fraction of sp³-hybridized carbons (Fsp3) is 0.0909. The molecule has 4 aromatic rings. The summed E-state index contributed by atoms with van der Waals surface area (Å²) in [4.78, 5) is 19.4. The van der Waals surface area contributed by atoms with Gasteiger partial charge in [0.15, 0.2) is 5.76 Å². The van der Waals surface area contributed by atoms with Crippen molar-refractivity contribution in [3.63, 3.8) is 0 Å². The predicted octanol–water partition coefficient (Wildman–Crippen LogP) is 4.91. The third-order valence-electron chi connectivity index (χ3n) is 4.40. The van der Waals surface area contributed by atoms with Crippen molar-refractivity contribution in [2.24, 2.45) is 0 Å². The Morgan fingerprint density at radius 1 is 1.07 bits per heavy atom. The molecular formula is C22H17FN2O2. The van der Waals surface area contributed by atoms with Crippen LogP contribution in [0, 0.1) is 5.82 Å². The molecule has 1 amide bonds. The minimum Gasteiger partial charge on any atom is -0.463 e. The van der Waals surface area contributed by atoms with Crippen molar-refractivity contribution in [2.45, 2.75) is 6.54 Å². The maximum atomic E-state index is 13.1. The molecule has 0 unspecified atom stereocenters. The van der Waals surface area contributed by atoms with Gasteiger partial charge in [-0.05, 0) is 42.0 Å². The Balaban J connectivity index is 1.72. The lowest BCUT2D eigenvalue weighted by molar-refractivity contribution is 0.0787. The summed E-state index contributed by atoms with van der Waals surface area (Å²) in [7, 11) is 1.73. The maximum absolute atomic E-state index is 13.1. The predicted molar refractivity (Wildman–Crippen MR) is 102 cm³/mol. The van der Waals surface area contributed by atoms with Gasteiger partial charge < -0.3 is 9.32 Å². The second kappa shape index (κ2) is 7.03. The van der Waals surface area contributed by atoms with Crippen LogP contribution >= 0.6 is 0 Å². The molecule has 5 heteroatoms. The molecule has 0 atom stereocenters. The minimum atomic E-state index is -0.295. The SMILES string of the molecule is CN(Cc1ccc(F)cc1)C(=O)c1cc(-c2ccco2)nc2ccccc12. The summed E-state index contributed by atoms with van der Waals surface area (Å²) in [6.07, 6.45) is 1.58. The number of para-hydroxylation sites is 1. The lowest BCUT2D eigenvalue weighted by Crippen LogP contribution is -2.26. The van der Waals surface area contributed by atoms with E-state index in [4.69, 9.17) is 4.42 Å². The van der Waals surface area contributed by atoms with Gasteiger partial charge in [-0.2, -0.15) is 0 Å². The molecule has 2 aromatic heterocycles. The average Bonchev–Trinajstić information content (AvgIpc) is 3.23. The molecule has 4 rings (SSSR count). The highest BCUT2D eigenvalue weighted by molar-refractivity contribution is 6.07. The molecule has 0 aliphatic carbocycles. The van der Waals surface area contributed by atoms with Crippen molar-refractivity contribution in [3.05, 3.63) is 89.9 Å². The zero-order chi connectivity index (χ0) is 18.8. The number of furan rings is 1. The zero-order valence-corrected chi connectivity index (χ0v) is 14.7. The molecule has 0 aliphatic rings. The van der Waals surface area contributed by atoms with Crippen LogP contribution in [0.2, 0.25) is 0 Å². The number of pyridine rings is 1. The number of rotatable bonds is 4. The van der Waals surface area contributed by atoms with E-state index in [1.165, 1.54) is 12.1 Å². The summed E-state index contributed by atoms with van der Waals surface area (Å²) in [5.74, 6) is 0.178. The van der Waals surface area contributed by atoms with Gasteiger partial charge in [0.2, 0.25) is 0 Å². The van der Waals surface area contributed by atoms with Crippen LogP contribution in [0.5, 0.6) is 0 Å². The Kier molecular flexibility index (Phi) is 4.42. The topological polar surface area (TPSA) is 46.3 Å². The molecule has 0 bridgehead atoms. The Morgan fingerprint density at radius 2 is 1.85 bits per heavy atom. The summed E-state index contributed by atoms with van der Waals surface area (Å²) < 4.78 is 18.6. The number of hydrogen-bond acceptors (Lipinski definition) is 3. The van der Waals surface area contributed by atoms with Gasteiger partial charge in [-0.15, -0.1) is 0 Å². The maximum Gasteiger partial charge on any atom is 0.254 e. The first-order valence-electron chi connectivity index (χ1n) is 8.55. The van der Waals surface area contributed by atoms with Crippen molar-refractivity contribution >= 4 is 16.8 Å². The van der Waals surface area contributed by atoms with Crippen LogP contribution < -0.4 is 0 Å². The van der Waals surface area contributed by atoms with Gasteiger partial charge in [0.05, 0.1) is 17.3 Å². The van der Waals surface area contributed by atoms with E-state index in [0.29, 0.717) is 23.6 Å². The van der Waals surface area contributed by atoms with E-state index < -0.39 is 0 Å². The number of carbonyl (C=O) groups excluding carboxylic acids is 1. The Bertz CT molecular complexity index is 1090. The first kappa shape index (κ1) is 17.0. The van der Waals surface area contributed by atoms with Crippen molar-refractivity contribution < 1.29 is 13.6 Å². The molecule has 0 radical (unpaired) electrons. The fourth-order valence-electron chi connectivity index (χ4n) is 3.04. The van der Waals surface area contributed by atoms with E-state index >= 15 is 0 Å². The molecule has 0 fully saturated rings. The van der Waals surface area contributed by atoms with E-state index in [1.54, 1.807) is 42.5 Å². The van der Waals surface area contributed by atoms with Crippen molar-refractivity contribution in [2.75, 3.05) is 7.05 Å². The number of benzene rings is 2. The standard InChI is InChI=1S/C22H17FN2O2/c1-25(14-15-8-10-16(23)11-9-15)22(26)18-13-20(21-7-4-12-27-21)24-19-6-3-2-5-17(18)19/h2-13H,14H2,1H3. The first-order chi connectivity index (χ1) is 13.1. The highest BCUT2D eigenvalue weighted by Gasteiger charge is 2.18. The first-order valence-corrected chi connectivity index (χ1v) is 8.55. The van der Waals surface area contributed by atoms with Gasteiger partial charge in [-0.1, -0.05) is 30.3 Å². The molecule has 0 aliphatic heterocycles. The number of carbonyl (C=O) groups is 1. The van der Waals surface area contributed by atoms with E-state index in [1.807, 2.05) is 30.3 Å². The Labute approximate surface area is 155 Å². The van der Waals surface area contributed by atoms with Crippen LogP contribution in [0.15, 0.2) is 77.4 Å². The molecule has 0 N–H and O–H groups in total. The summed E-state index contributed by atoms with van der Waals surface area (Å²) in [5.41, 5.74) is 2.75. The summed E-state index contributed by atoms with van der Waals surface area (Å²) >= 11 is 0. The molecule has 0 saturated heterocycles. The lowest BCUT2D eigenvalue weighted by Gasteiger charge is -2.19. The summed E-state index contributed by atoms with van der Waals surface area (Å²) in [6.45, 7) is 0.381. The monoisotopic (exact) mass is 360 g/mol. The van der Waals surface area contributed by atoms with Gasteiger partial charge in [-0.25, -0.2) is 9.37 Å². The number of amides is 1. The molecule has 0 spiro atoms. The van der Waals surface area contributed by atoms with E-state index in [2.05, 4.69) is 4.98 Å². The third kappa shape index (κ3) is 3.44. The minimum absolute atomic E-state index is 0.134. The third-order valence-corrected chi connectivity index (χ3v) is 4.40. The quantitative estimate of drug-likeness (QED) is 0.520. The molecule has 27 heavy (non-hydrogen) atoms. The van der Waals surface area contributed by atoms with Crippen molar-refractivity contribution in [3.8, 4) is 11.5 Å². The normalized spacial score (nSPS) is 10.9. The van der Waals surface area contributed by atoms with Crippen LogP contribution in [-0.2, 0) is 6.54 Å². The number of fused-ring (bicyclic) bond motifs is 1. The summed E-state index contributed by atoms with van der Waals surface area (Å²) in [6, 6.07) is 19.0. The number of halogens is 1. The highest BCUT2D eigenvalue weighted by Crippen LogP contribution is 2.26. The molecule has 0 saturated carbocycles. The number of hydrogen-bond donors (Lipinski definition) is 0. The van der Waals surface area contributed by atoms with E-state index in [-0.39, 0.29) is 11.7 Å². The van der Waals surface area contributed by atoms with Crippen molar-refractivity contribution in [1.82, 2.24) is 9.88 Å². The van der Waals surface area contributed by atoms with Gasteiger partial charge in [0, 0.05) is 19.0 Å². The molecule has 2 aromatic carbocycles. The average molecular weight is 360 g/mol. The smallest absolute Gasteiger partial charge is 0.254 e. The van der Waals surface area contributed by atoms with Crippen LogP contribution in [-0.4, -0.2) is 22.8 Å². The number of aromatic nitrogens is 1. The van der Waals surface area contributed by atoms with E-state index in [9.17, 15) is 9.18 Å². The Hall–Kier alpha value is -3.47. The van der Waals surface area contributed by atoms with Crippen LogP contribution in [0.1, 0.15) is 15.9 Å². The van der Waals surface area contributed by atoms with Gasteiger partial charge in [0.25, 0.3) is 5.91 Å². The van der Waals surface area contributed by atoms with Crippen LogP contribution in [0.4, 0.5) is 4.39 Å². The van der Waals surface area contributed by atoms with Gasteiger partial charge in [0.1, 0.15) is 11.5 Å². The molecule has 2 heterocycles. The largest absolute Gasteiger partial charge is 0.463 e. The second-order valence-corrected chi connectivity index (χ2v) is 6.34. The second-order valence-electron chi connectivity index (χ2n) is 6.34. The molecule has 134 valence electrons. The van der Waals surface area contributed by atoms with Gasteiger partial charge >= 0.3 is 0 Å².